The summed E-state index contributed by atoms with van der Waals surface area (Å²) in [6.07, 6.45) is 0. The first kappa shape index (κ1) is 14.8. The van der Waals surface area contributed by atoms with Gasteiger partial charge in [-0.05, 0) is 28.8 Å². The van der Waals surface area contributed by atoms with Crippen molar-refractivity contribution in [1.29, 1.82) is 0 Å². The monoisotopic (exact) mass is 291 g/mol. The van der Waals surface area contributed by atoms with Crippen molar-refractivity contribution in [2.75, 3.05) is 6.61 Å². The van der Waals surface area contributed by atoms with E-state index in [-0.39, 0.29) is 18.7 Å². The van der Waals surface area contributed by atoms with E-state index in [2.05, 4.69) is 54.7 Å². The van der Waals surface area contributed by atoms with Gasteiger partial charge < -0.3 is 10.4 Å². The summed E-state index contributed by atoms with van der Waals surface area (Å²) in [6, 6.07) is 25.0. The first-order valence-electron chi connectivity index (χ1n) is 7.69. The maximum Gasteiger partial charge on any atom is 0.0626 e. The van der Waals surface area contributed by atoms with E-state index in [4.69, 9.17) is 0 Å². The molecule has 2 atom stereocenters. The Morgan fingerprint density at radius 2 is 1.55 bits per heavy atom. The molecule has 0 heterocycles. The summed E-state index contributed by atoms with van der Waals surface area (Å²) in [5, 5.41) is 15.8. The van der Waals surface area contributed by atoms with E-state index < -0.39 is 0 Å². The van der Waals surface area contributed by atoms with E-state index >= 15 is 0 Å². The van der Waals surface area contributed by atoms with Gasteiger partial charge in [-0.3, -0.25) is 0 Å². The highest BCUT2D eigenvalue weighted by atomic mass is 16.3. The molecule has 0 radical (unpaired) electrons. The third kappa shape index (κ3) is 3.03. The maximum atomic E-state index is 9.73. The van der Waals surface area contributed by atoms with Crippen LogP contribution in [0.5, 0.6) is 0 Å². The zero-order valence-electron chi connectivity index (χ0n) is 12.7. The van der Waals surface area contributed by atoms with Crippen molar-refractivity contribution in [2.45, 2.75) is 19.0 Å². The average molecular weight is 291 g/mol. The van der Waals surface area contributed by atoms with Crippen molar-refractivity contribution >= 4 is 10.8 Å². The lowest BCUT2D eigenvalue weighted by Gasteiger charge is -2.23. The second-order valence-electron chi connectivity index (χ2n) is 5.60. The molecule has 2 heteroatoms. The minimum absolute atomic E-state index is 0.0600. The van der Waals surface area contributed by atoms with E-state index in [1.54, 1.807) is 0 Å². The van der Waals surface area contributed by atoms with Gasteiger partial charge in [0, 0.05) is 6.04 Å². The highest BCUT2D eigenvalue weighted by Gasteiger charge is 2.15. The maximum absolute atomic E-state index is 9.73. The van der Waals surface area contributed by atoms with Gasteiger partial charge >= 0.3 is 0 Å². The molecule has 3 rings (SSSR count). The normalized spacial score (nSPS) is 13.9. The van der Waals surface area contributed by atoms with Gasteiger partial charge in [-0.2, -0.15) is 0 Å². The summed E-state index contributed by atoms with van der Waals surface area (Å²) < 4.78 is 0. The molecule has 0 bridgehead atoms. The first-order valence-corrected chi connectivity index (χ1v) is 7.69. The Morgan fingerprint density at radius 3 is 2.32 bits per heavy atom. The zero-order valence-corrected chi connectivity index (χ0v) is 12.7. The van der Waals surface area contributed by atoms with E-state index in [1.807, 2.05) is 30.3 Å². The molecule has 0 spiro atoms. The van der Waals surface area contributed by atoms with E-state index in [9.17, 15) is 5.11 Å². The predicted octanol–water partition coefficient (Wildman–Crippen LogP) is 4.22. The van der Waals surface area contributed by atoms with Crippen molar-refractivity contribution in [3.05, 3.63) is 83.9 Å². The third-order valence-electron chi connectivity index (χ3n) is 4.13. The van der Waals surface area contributed by atoms with Gasteiger partial charge in [-0.1, -0.05) is 72.8 Å². The van der Waals surface area contributed by atoms with Gasteiger partial charge in [-0.15, -0.1) is 0 Å². The van der Waals surface area contributed by atoms with Crippen LogP contribution in [0.1, 0.15) is 30.1 Å². The second-order valence-corrected chi connectivity index (χ2v) is 5.60. The Labute approximate surface area is 131 Å². The molecule has 2 N–H and O–H groups in total. The van der Waals surface area contributed by atoms with Crippen LogP contribution in [0.15, 0.2) is 72.8 Å². The minimum atomic E-state index is -0.0600. The van der Waals surface area contributed by atoms with Crippen LogP contribution in [0, 0.1) is 0 Å². The second kappa shape index (κ2) is 6.73. The molecule has 0 aliphatic heterocycles. The van der Waals surface area contributed by atoms with Crippen LogP contribution in [0.25, 0.3) is 10.8 Å². The Hall–Kier alpha value is -2.16. The number of hydrogen-bond donors (Lipinski definition) is 2. The van der Waals surface area contributed by atoms with Gasteiger partial charge in [-0.25, -0.2) is 0 Å². The quantitative estimate of drug-likeness (QED) is 0.737. The number of aliphatic hydroxyl groups excluding tert-OH is 1. The molecule has 0 amide bonds. The molecule has 0 saturated carbocycles. The van der Waals surface area contributed by atoms with Crippen LogP contribution in [0.3, 0.4) is 0 Å². The summed E-state index contributed by atoms with van der Waals surface area (Å²) in [5.41, 5.74) is 2.37. The topological polar surface area (TPSA) is 32.3 Å². The Bertz CT molecular complexity index is 734. The first-order chi connectivity index (χ1) is 10.8. The molecule has 0 saturated heterocycles. The molecule has 112 valence electrons. The van der Waals surface area contributed by atoms with Crippen LogP contribution in [-0.4, -0.2) is 11.7 Å². The molecule has 0 aromatic heterocycles. The van der Waals surface area contributed by atoms with E-state index in [0.717, 1.165) is 5.56 Å². The smallest absolute Gasteiger partial charge is 0.0626 e. The zero-order chi connectivity index (χ0) is 15.4. The molecular formula is C20H21NO. The van der Waals surface area contributed by atoms with Crippen LogP contribution < -0.4 is 5.32 Å². The fourth-order valence-electron chi connectivity index (χ4n) is 2.96. The number of rotatable bonds is 5. The molecule has 22 heavy (non-hydrogen) atoms. The third-order valence-corrected chi connectivity index (χ3v) is 4.13. The lowest BCUT2D eigenvalue weighted by Crippen LogP contribution is -2.27. The summed E-state index contributed by atoms with van der Waals surface area (Å²) >= 11 is 0. The molecule has 0 aliphatic rings. The minimum Gasteiger partial charge on any atom is -0.394 e. The van der Waals surface area contributed by atoms with Gasteiger partial charge in [0.1, 0.15) is 0 Å². The van der Waals surface area contributed by atoms with Crippen LogP contribution in [0.4, 0.5) is 0 Å². The number of fused-ring (bicyclic) bond motifs is 1. The summed E-state index contributed by atoms with van der Waals surface area (Å²) in [7, 11) is 0. The van der Waals surface area contributed by atoms with Crippen molar-refractivity contribution in [3.8, 4) is 0 Å². The SMILES string of the molecule is C[C@@H](N[C@@H](CO)c1ccccc1)c1cccc2ccccc12. The van der Waals surface area contributed by atoms with Crippen molar-refractivity contribution in [3.63, 3.8) is 0 Å². The summed E-state index contributed by atoms with van der Waals surface area (Å²) in [6.45, 7) is 2.23. The average Bonchev–Trinajstić information content (AvgIpc) is 2.59. The molecule has 2 nitrogen and oxygen atoms in total. The number of nitrogens with one attached hydrogen (secondary N) is 1. The highest BCUT2D eigenvalue weighted by molar-refractivity contribution is 5.86. The van der Waals surface area contributed by atoms with Gasteiger partial charge in [0.05, 0.1) is 12.6 Å². The summed E-state index contributed by atoms with van der Waals surface area (Å²) in [5.74, 6) is 0. The molecular weight excluding hydrogens is 270 g/mol. The van der Waals surface area contributed by atoms with Gasteiger partial charge in [0.2, 0.25) is 0 Å². The molecule has 0 fully saturated rings. The largest absolute Gasteiger partial charge is 0.394 e. The molecule has 0 unspecified atom stereocenters. The van der Waals surface area contributed by atoms with E-state index in [1.165, 1.54) is 16.3 Å². The van der Waals surface area contributed by atoms with E-state index in [0.29, 0.717) is 0 Å². The Morgan fingerprint density at radius 1 is 0.864 bits per heavy atom. The fourth-order valence-corrected chi connectivity index (χ4v) is 2.96. The lowest BCUT2D eigenvalue weighted by molar-refractivity contribution is 0.235. The highest BCUT2D eigenvalue weighted by Crippen LogP contribution is 2.26. The Balaban J connectivity index is 1.88. The van der Waals surface area contributed by atoms with Crippen molar-refractivity contribution < 1.29 is 5.11 Å². The molecule has 3 aromatic rings. The summed E-state index contributed by atoms with van der Waals surface area (Å²) in [4.78, 5) is 0. The molecule has 0 aliphatic carbocycles. The van der Waals surface area contributed by atoms with Crippen LogP contribution >= 0.6 is 0 Å². The lowest BCUT2D eigenvalue weighted by atomic mass is 9.98. The van der Waals surface area contributed by atoms with Crippen molar-refractivity contribution in [2.24, 2.45) is 0 Å². The fraction of sp³-hybridized carbons (Fsp3) is 0.200. The predicted molar refractivity (Wildman–Crippen MR) is 91.8 cm³/mol. The molecule has 3 aromatic carbocycles. The number of benzene rings is 3. The van der Waals surface area contributed by atoms with Crippen LogP contribution in [0.2, 0.25) is 0 Å². The van der Waals surface area contributed by atoms with Gasteiger partial charge in [0.25, 0.3) is 0 Å². The number of hydrogen-bond acceptors (Lipinski definition) is 2. The van der Waals surface area contributed by atoms with Crippen LogP contribution in [-0.2, 0) is 0 Å². The number of aliphatic hydroxyl groups is 1. The van der Waals surface area contributed by atoms with Crippen molar-refractivity contribution in [1.82, 2.24) is 5.32 Å². The Kier molecular flexibility index (Phi) is 4.52. The van der Waals surface area contributed by atoms with Gasteiger partial charge in [0.15, 0.2) is 0 Å². The standard InChI is InChI=1S/C20H21NO/c1-15(21-20(14-22)17-9-3-2-4-10-17)18-13-7-11-16-8-5-6-12-19(16)18/h2-13,15,20-22H,14H2,1H3/t15-,20+/m1/s1.